The second kappa shape index (κ2) is 7.07. The molecule has 0 saturated heterocycles. The molecule has 116 valence electrons. The van der Waals surface area contributed by atoms with E-state index in [0.29, 0.717) is 18.1 Å². The lowest BCUT2D eigenvalue weighted by atomic mass is 10.1. The number of rotatable bonds is 5. The van der Waals surface area contributed by atoms with Crippen LogP contribution in [0.3, 0.4) is 0 Å². The van der Waals surface area contributed by atoms with Gasteiger partial charge in [0.15, 0.2) is 0 Å². The molecule has 0 aliphatic rings. The Balaban J connectivity index is 1.86. The largest absolute Gasteiger partial charge is 0.487 e. The maximum Gasteiger partial charge on any atom is 0.144 e. The number of pyridine rings is 1. The molecule has 0 bridgehead atoms. The van der Waals surface area contributed by atoms with Crippen molar-refractivity contribution in [3.8, 4) is 5.75 Å². The summed E-state index contributed by atoms with van der Waals surface area (Å²) in [5, 5.41) is 10.7. The smallest absolute Gasteiger partial charge is 0.144 e. The van der Waals surface area contributed by atoms with Gasteiger partial charge < -0.3 is 9.84 Å². The highest BCUT2D eigenvalue weighted by Gasteiger charge is 2.17. The molecule has 3 aromatic rings. The van der Waals surface area contributed by atoms with Crippen LogP contribution in [0.4, 0.5) is 0 Å². The van der Waals surface area contributed by atoms with Crippen LogP contribution in [0.5, 0.6) is 5.75 Å². The number of aliphatic hydroxyl groups excluding tert-OH is 1. The van der Waals surface area contributed by atoms with Gasteiger partial charge in [-0.3, -0.25) is 4.98 Å². The number of hydrogen-bond donors (Lipinski definition) is 1. The Labute approximate surface area is 136 Å². The lowest BCUT2D eigenvalue weighted by Gasteiger charge is -2.16. The zero-order chi connectivity index (χ0) is 16.1. The Hall–Kier alpha value is -2.65. The molecule has 0 aliphatic heterocycles. The van der Waals surface area contributed by atoms with Crippen molar-refractivity contribution in [3.63, 3.8) is 0 Å². The third-order valence-electron chi connectivity index (χ3n) is 3.64. The van der Waals surface area contributed by atoms with Crippen molar-refractivity contribution in [3.05, 3.63) is 95.3 Å². The number of ether oxygens (including phenoxy) is 1. The molecule has 2 aromatic carbocycles. The minimum Gasteiger partial charge on any atom is -0.487 e. The summed E-state index contributed by atoms with van der Waals surface area (Å²) in [5.74, 6) is 0.607. The lowest BCUT2D eigenvalue weighted by molar-refractivity contribution is 0.203. The molecule has 3 rings (SSSR count). The molecule has 1 atom stereocenters. The van der Waals surface area contributed by atoms with E-state index in [-0.39, 0.29) is 0 Å². The van der Waals surface area contributed by atoms with Crippen molar-refractivity contribution >= 4 is 0 Å². The minimum absolute atomic E-state index is 0.445. The Kier molecular flexibility index (Phi) is 4.69. The Morgan fingerprint density at radius 2 is 1.57 bits per heavy atom. The molecule has 1 N–H and O–H groups in total. The molecule has 0 fully saturated rings. The van der Waals surface area contributed by atoms with Crippen LogP contribution in [-0.2, 0) is 6.61 Å². The number of benzene rings is 2. The van der Waals surface area contributed by atoms with E-state index in [4.69, 9.17) is 4.74 Å². The van der Waals surface area contributed by atoms with E-state index in [0.717, 1.165) is 16.8 Å². The SMILES string of the molecule is Cc1ccc(OCc2ccccc2)c(C(O)c2ccccc2)n1. The molecule has 1 heterocycles. The summed E-state index contributed by atoms with van der Waals surface area (Å²) in [6.07, 6.45) is -0.804. The zero-order valence-corrected chi connectivity index (χ0v) is 13.0. The first-order valence-electron chi connectivity index (χ1n) is 7.61. The number of aryl methyl sites for hydroxylation is 1. The third kappa shape index (κ3) is 3.76. The van der Waals surface area contributed by atoms with E-state index >= 15 is 0 Å². The van der Waals surface area contributed by atoms with Crippen LogP contribution in [0.1, 0.15) is 28.6 Å². The fourth-order valence-electron chi connectivity index (χ4n) is 2.41. The van der Waals surface area contributed by atoms with E-state index in [9.17, 15) is 5.11 Å². The lowest BCUT2D eigenvalue weighted by Crippen LogP contribution is -2.07. The molecule has 23 heavy (non-hydrogen) atoms. The monoisotopic (exact) mass is 305 g/mol. The highest BCUT2D eigenvalue weighted by Crippen LogP contribution is 2.29. The van der Waals surface area contributed by atoms with Crippen LogP contribution < -0.4 is 4.74 Å². The van der Waals surface area contributed by atoms with E-state index in [1.165, 1.54) is 0 Å². The van der Waals surface area contributed by atoms with Crippen molar-refractivity contribution in [2.75, 3.05) is 0 Å². The first kappa shape index (κ1) is 15.3. The van der Waals surface area contributed by atoms with E-state index < -0.39 is 6.10 Å². The zero-order valence-electron chi connectivity index (χ0n) is 13.0. The Bertz CT molecular complexity index is 757. The quantitative estimate of drug-likeness (QED) is 0.773. The summed E-state index contributed by atoms with van der Waals surface area (Å²) < 4.78 is 5.90. The van der Waals surface area contributed by atoms with Gasteiger partial charge in [0.25, 0.3) is 0 Å². The van der Waals surface area contributed by atoms with Crippen LogP contribution >= 0.6 is 0 Å². The second-order valence-corrected chi connectivity index (χ2v) is 5.42. The fourth-order valence-corrected chi connectivity index (χ4v) is 2.41. The summed E-state index contributed by atoms with van der Waals surface area (Å²) in [6.45, 7) is 2.35. The molecule has 3 nitrogen and oxygen atoms in total. The van der Waals surface area contributed by atoms with Gasteiger partial charge in [-0.1, -0.05) is 60.7 Å². The van der Waals surface area contributed by atoms with Crippen molar-refractivity contribution < 1.29 is 9.84 Å². The van der Waals surface area contributed by atoms with Gasteiger partial charge in [-0.2, -0.15) is 0 Å². The van der Waals surface area contributed by atoms with Gasteiger partial charge in [0, 0.05) is 5.69 Å². The molecule has 0 saturated carbocycles. The maximum atomic E-state index is 10.7. The average Bonchev–Trinajstić information content (AvgIpc) is 2.61. The van der Waals surface area contributed by atoms with Crippen LogP contribution in [0.15, 0.2) is 72.8 Å². The van der Waals surface area contributed by atoms with Crippen LogP contribution in [0, 0.1) is 6.92 Å². The van der Waals surface area contributed by atoms with E-state index in [2.05, 4.69) is 4.98 Å². The average molecular weight is 305 g/mol. The van der Waals surface area contributed by atoms with Crippen molar-refractivity contribution in [2.45, 2.75) is 19.6 Å². The predicted molar refractivity (Wildman–Crippen MR) is 90.3 cm³/mol. The molecule has 0 aliphatic carbocycles. The van der Waals surface area contributed by atoms with Crippen LogP contribution in [0.25, 0.3) is 0 Å². The number of nitrogens with zero attached hydrogens (tertiary/aromatic N) is 1. The minimum atomic E-state index is -0.804. The molecular weight excluding hydrogens is 286 g/mol. The highest BCUT2D eigenvalue weighted by molar-refractivity contribution is 5.36. The van der Waals surface area contributed by atoms with Gasteiger partial charge in [0.2, 0.25) is 0 Å². The molecule has 1 unspecified atom stereocenters. The number of hydrogen-bond acceptors (Lipinski definition) is 3. The maximum absolute atomic E-state index is 10.7. The summed E-state index contributed by atoms with van der Waals surface area (Å²) >= 11 is 0. The molecular formula is C20H19NO2. The fraction of sp³-hybridized carbons (Fsp3) is 0.150. The molecule has 0 spiro atoms. The highest BCUT2D eigenvalue weighted by atomic mass is 16.5. The van der Waals surface area contributed by atoms with E-state index in [1.807, 2.05) is 79.7 Å². The first-order chi connectivity index (χ1) is 11.2. The first-order valence-corrected chi connectivity index (χ1v) is 7.61. The molecule has 0 amide bonds. The van der Waals surface area contributed by atoms with Crippen LogP contribution in [0.2, 0.25) is 0 Å². The van der Waals surface area contributed by atoms with Crippen LogP contribution in [-0.4, -0.2) is 10.1 Å². The van der Waals surface area contributed by atoms with Crippen molar-refractivity contribution in [1.29, 1.82) is 0 Å². The third-order valence-corrected chi connectivity index (χ3v) is 3.64. The topological polar surface area (TPSA) is 42.4 Å². The predicted octanol–water partition coefficient (Wildman–Crippen LogP) is 4.05. The molecule has 0 radical (unpaired) electrons. The van der Waals surface area contributed by atoms with Gasteiger partial charge in [-0.25, -0.2) is 0 Å². The summed E-state index contributed by atoms with van der Waals surface area (Å²) in [4.78, 5) is 4.49. The van der Waals surface area contributed by atoms with E-state index in [1.54, 1.807) is 0 Å². The Morgan fingerprint density at radius 3 is 2.26 bits per heavy atom. The number of aromatic nitrogens is 1. The van der Waals surface area contributed by atoms with Gasteiger partial charge in [0.05, 0.1) is 0 Å². The standard InChI is InChI=1S/C20H19NO2/c1-15-12-13-18(23-14-16-8-4-2-5-9-16)19(21-15)20(22)17-10-6-3-7-11-17/h2-13,20,22H,14H2,1H3. The normalized spacial score (nSPS) is 11.9. The molecule has 1 aromatic heterocycles. The summed E-state index contributed by atoms with van der Waals surface area (Å²) in [5.41, 5.74) is 3.28. The molecule has 3 heteroatoms. The Morgan fingerprint density at radius 1 is 0.913 bits per heavy atom. The van der Waals surface area contributed by atoms with Gasteiger partial charge in [-0.05, 0) is 30.2 Å². The van der Waals surface area contributed by atoms with Crippen molar-refractivity contribution in [1.82, 2.24) is 4.98 Å². The summed E-state index contributed by atoms with van der Waals surface area (Å²) in [7, 11) is 0. The van der Waals surface area contributed by atoms with Gasteiger partial charge in [-0.15, -0.1) is 0 Å². The van der Waals surface area contributed by atoms with Crippen molar-refractivity contribution in [2.24, 2.45) is 0 Å². The summed E-state index contributed by atoms with van der Waals surface area (Å²) in [6, 6.07) is 23.2. The second-order valence-electron chi connectivity index (χ2n) is 5.42. The number of aliphatic hydroxyl groups is 1. The van der Waals surface area contributed by atoms with Gasteiger partial charge >= 0.3 is 0 Å². The van der Waals surface area contributed by atoms with Gasteiger partial charge in [0.1, 0.15) is 24.2 Å².